The minimum Gasteiger partial charge on any atom is -1.00 e. The van der Waals surface area contributed by atoms with Crippen LogP contribution in [-0.2, 0) is 20.6 Å². The summed E-state index contributed by atoms with van der Waals surface area (Å²) in [6, 6.07) is 7.99. The quantitative estimate of drug-likeness (QED) is 0.323. The summed E-state index contributed by atoms with van der Waals surface area (Å²) in [4.78, 5) is 20.3. The Kier molecular flexibility index (Phi) is 7.04. The maximum absolute atomic E-state index is 11.9. The maximum atomic E-state index is 11.9. The van der Waals surface area contributed by atoms with Crippen LogP contribution >= 0.6 is 11.8 Å². The standard InChI is InChI=1S/C17H21N5OS.ClH/c1-21-14-6-5-13(11-15(14)22(2)17(21)23)12-18-7-4-10-24-16-19-8-3-9-20-16;/h3,5-6,8-9,11,18H,4,7,10,12H2,1-2H3;1H/p-1. The zero-order chi connectivity index (χ0) is 16.9. The lowest BCUT2D eigenvalue weighted by Gasteiger charge is -2.06. The van der Waals surface area contributed by atoms with Gasteiger partial charge in [-0.05, 0) is 36.7 Å². The largest absolute Gasteiger partial charge is 1.00 e. The van der Waals surface area contributed by atoms with Crippen LogP contribution in [0, 0.1) is 0 Å². The van der Waals surface area contributed by atoms with E-state index in [0.29, 0.717) is 0 Å². The number of hydrogen-bond acceptors (Lipinski definition) is 5. The normalized spacial score (nSPS) is 10.8. The Morgan fingerprint density at radius 2 is 1.84 bits per heavy atom. The van der Waals surface area contributed by atoms with Crippen LogP contribution in [0.3, 0.4) is 0 Å². The first kappa shape index (κ1) is 19.5. The third kappa shape index (κ3) is 4.62. The molecule has 25 heavy (non-hydrogen) atoms. The van der Waals surface area contributed by atoms with Gasteiger partial charge in [0.25, 0.3) is 0 Å². The Morgan fingerprint density at radius 1 is 1.12 bits per heavy atom. The van der Waals surface area contributed by atoms with Gasteiger partial charge in [0.1, 0.15) is 0 Å². The van der Waals surface area contributed by atoms with Crippen molar-refractivity contribution in [1.82, 2.24) is 24.4 Å². The summed E-state index contributed by atoms with van der Waals surface area (Å²) in [5.74, 6) is 0.989. The van der Waals surface area contributed by atoms with E-state index in [2.05, 4.69) is 27.4 Å². The van der Waals surface area contributed by atoms with Crippen molar-refractivity contribution in [3.8, 4) is 0 Å². The maximum Gasteiger partial charge on any atom is 0.328 e. The molecule has 1 N–H and O–H groups in total. The molecule has 0 spiro atoms. The Labute approximate surface area is 157 Å². The zero-order valence-corrected chi connectivity index (χ0v) is 15.8. The highest BCUT2D eigenvalue weighted by Gasteiger charge is 2.07. The van der Waals surface area contributed by atoms with E-state index >= 15 is 0 Å². The van der Waals surface area contributed by atoms with Gasteiger partial charge in [-0.2, -0.15) is 0 Å². The summed E-state index contributed by atoms with van der Waals surface area (Å²) in [6.07, 6.45) is 4.58. The summed E-state index contributed by atoms with van der Waals surface area (Å²) in [6.45, 7) is 1.73. The molecule has 134 valence electrons. The van der Waals surface area contributed by atoms with Gasteiger partial charge < -0.3 is 17.7 Å². The molecule has 0 bridgehead atoms. The number of halogens is 1. The van der Waals surface area contributed by atoms with Gasteiger partial charge in [0.15, 0.2) is 5.16 Å². The molecule has 0 aliphatic rings. The minimum absolute atomic E-state index is 0. The average molecular weight is 379 g/mol. The van der Waals surface area contributed by atoms with E-state index in [1.165, 1.54) is 5.56 Å². The number of fused-ring (bicyclic) bond motifs is 1. The Bertz CT molecular complexity index is 878. The molecule has 2 heterocycles. The van der Waals surface area contributed by atoms with Gasteiger partial charge in [0.2, 0.25) is 0 Å². The predicted octanol–water partition coefficient (Wildman–Crippen LogP) is -1.06. The molecule has 0 radical (unpaired) electrons. The highest BCUT2D eigenvalue weighted by Crippen LogP contribution is 2.14. The number of hydrogen-bond donors (Lipinski definition) is 1. The summed E-state index contributed by atoms with van der Waals surface area (Å²) in [5, 5.41) is 4.27. The van der Waals surface area contributed by atoms with E-state index < -0.39 is 0 Å². The first-order valence-electron chi connectivity index (χ1n) is 7.91. The molecule has 3 aromatic rings. The number of aromatic nitrogens is 4. The van der Waals surface area contributed by atoms with Crippen molar-refractivity contribution in [1.29, 1.82) is 0 Å². The fourth-order valence-corrected chi connectivity index (χ4v) is 3.36. The van der Waals surface area contributed by atoms with Crippen LogP contribution in [0.5, 0.6) is 0 Å². The summed E-state index contributed by atoms with van der Waals surface area (Å²) in [7, 11) is 3.61. The smallest absolute Gasteiger partial charge is 0.328 e. The van der Waals surface area contributed by atoms with Crippen LogP contribution in [0.2, 0.25) is 0 Å². The van der Waals surface area contributed by atoms with Crippen LogP contribution in [-0.4, -0.2) is 31.4 Å². The average Bonchev–Trinajstić information content (AvgIpc) is 2.83. The molecule has 0 aliphatic carbocycles. The van der Waals surface area contributed by atoms with E-state index in [4.69, 9.17) is 0 Å². The van der Waals surface area contributed by atoms with Crippen molar-refractivity contribution >= 4 is 22.8 Å². The molecular weight excluding hydrogens is 358 g/mol. The van der Waals surface area contributed by atoms with E-state index in [9.17, 15) is 4.79 Å². The van der Waals surface area contributed by atoms with Gasteiger partial charge in [-0.3, -0.25) is 9.13 Å². The molecule has 1 aromatic carbocycles. The number of nitrogens with zero attached hydrogens (tertiary/aromatic N) is 4. The van der Waals surface area contributed by atoms with Crippen molar-refractivity contribution in [2.45, 2.75) is 18.1 Å². The van der Waals surface area contributed by atoms with Crippen molar-refractivity contribution < 1.29 is 12.4 Å². The fraction of sp³-hybridized carbons (Fsp3) is 0.353. The molecule has 0 fully saturated rings. The van der Waals surface area contributed by atoms with Gasteiger partial charge in [0, 0.05) is 38.8 Å². The summed E-state index contributed by atoms with van der Waals surface area (Å²) >= 11 is 1.67. The number of benzene rings is 1. The van der Waals surface area contributed by atoms with E-state index in [1.54, 1.807) is 40.3 Å². The fourth-order valence-electron chi connectivity index (χ4n) is 2.62. The van der Waals surface area contributed by atoms with Crippen LogP contribution < -0.4 is 23.4 Å². The van der Waals surface area contributed by atoms with Crippen LogP contribution in [0.4, 0.5) is 0 Å². The lowest BCUT2D eigenvalue weighted by atomic mass is 10.2. The molecule has 0 amide bonds. The molecule has 0 saturated carbocycles. The molecule has 0 saturated heterocycles. The molecule has 0 aliphatic heterocycles. The van der Waals surface area contributed by atoms with Crippen LogP contribution in [0.15, 0.2) is 46.6 Å². The molecule has 0 atom stereocenters. The molecule has 6 nitrogen and oxygen atoms in total. The first-order chi connectivity index (χ1) is 11.7. The van der Waals surface area contributed by atoms with Crippen LogP contribution in [0.1, 0.15) is 12.0 Å². The zero-order valence-electron chi connectivity index (χ0n) is 14.3. The third-order valence-electron chi connectivity index (χ3n) is 3.94. The monoisotopic (exact) mass is 378 g/mol. The lowest BCUT2D eigenvalue weighted by Crippen LogP contribution is -3.00. The topological polar surface area (TPSA) is 64.7 Å². The second-order valence-corrected chi connectivity index (χ2v) is 6.70. The van der Waals surface area contributed by atoms with E-state index in [0.717, 1.165) is 41.5 Å². The highest BCUT2D eigenvalue weighted by atomic mass is 35.5. The Morgan fingerprint density at radius 3 is 2.60 bits per heavy atom. The van der Waals surface area contributed by atoms with Crippen molar-refractivity contribution in [3.05, 3.63) is 52.7 Å². The lowest BCUT2D eigenvalue weighted by molar-refractivity contribution is -0.00000513. The second-order valence-electron chi connectivity index (χ2n) is 5.63. The summed E-state index contributed by atoms with van der Waals surface area (Å²) in [5.41, 5.74) is 3.13. The van der Waals surface area contributed by atoms with Gasteiger partial charge in [-0.1, -0.05) is 17.8 Å². The van der Waals surface area contributed by atoms with E-state index in [-0.39, 0.29) is 18.1 Å². The summed E-state index contributed by atoms with van der Waals surface area (Å²) < 4.78 is 3.37. The van der Waals surface area contributed by atoms with Crippen molar-refractivity contribution in [2.75, 3.05) is 12.3 Å². The van der Waals surface area contributed by atoms with Crippen molar-refractivity contribution in [2.24, 2.45) is 14.1 Å². The molecule has 0 unspecified atom stereocenters. The number of nitrogens with one attached hydrogen (secondary N) is 1. The first-order valence-corrected chi connectivity index (χ1v) is 8.90. The second kappa shape index (κ2) is 9.03. The molecule has 3 rings (SSSR count). The number of thioether (sulfide) groups is 1. The number of imidazole rings is 1. The highest BCUT2D eigenvalue weighted by molar-refractivity contribution is 7.99. The Hall–Kier alpha value is -1.83. The molecule has 2 aromatic heterocycles. The SMILES string of the molecule is Cn1c(=O)n(C)c2cc(CNCCCSc3ncccn3)ccc21.[Cl-]. The third-order valence-corrected chi connectivity index (χ3v) is 4.90. The minimum atomic E-state index is 0. The van der Waals surface area contributed by atoms with Gasteiger partial charge in [-0.25, -0.2) is 14.8 Å². The predicted molar refractivity (Wildman–Crippen MR) is 97.2 cm³/mol. The van der Waals surface area contributed by atoms with Crippen LogP contribution in [0.25, 0.3) is 11.0 Å². The molecular formula is C17H21ClN5OS-. The van der Waals surface area contributed by atoms with Gasteiger partial charge >= 0.3 is 5.69 Å². The van der Waals surface area contributed by atoms with Crippen molar-refractivity contribution in [3.63, 3.8) is 0 Å². The number of aryl methyl sites for hydroxylation is 2. The molecule has 8 heteroatoms. The van der Waals surface area contributed by atoms with Gasteiger partial charge in [0.05, 0.1) is 11.0 Å². The van der Waals surface area contributed by atoms with E-state index in [1.807, 2.05) is 19.2 Å². The number of rotatable bonds is 7. The van der Waals surface area contributed by atoms with Gasteiger partial charge in [-0.15, -0.1) is 0 Å². The Balaban J connectivity index is 0.00000225.